The summed E-state index contributed by atoms with van der Waals surface area (Å²) in [4.78, 5) is 15.9. The minimum absolute atomic E-state index is 0.0396. The van der Waals surface area contributed by atoms with Crippen LogP contribution in [0.4, 0.5) is 8.78 Å². The second-order valence-corrected chi connectivity index (χ2v) is 10.00. The van der Waals surface area contributed by atoms with Crippen LogP contribution in [0.25, 0.3) is 10.2 Å². The molecule has 0 atom stereocenters. The van der Waals surface area contributed by atoms with Crippen LogP contribution in [-0.2, 0) is 11.3 Å². The second kappa shape index (κ2) is 7.67. The highest BCUT2D eigenvalue weighted by Gasteiger charge is 2.52. The highest BCUT2D eigenvalue weighted by atomic mass is 32.1. The highest BCUT2D eigenvalue weighted by Crippen LogP contribution is 2.47. The molecule has 1 fully saturated rings. The molecule has 2 N–H and O–H groups in total. The summed E-state index contributed by atoms with van der Waals surface area (Å²) in [6.07, 6.45) is 0. The molecule has 2 heterocycles. The summed E-state index contributed by atoms with van der Waals surface area (Å²) in [6.45, 7) is 12.4. The largest absolute Gasteiger partial charge is 0.483 e. The quantitative estimate of drug-likeness (QED) is 0.579. The predicted octanol–water partition coefficient (Wildman–Crippen LogP) is 4.38. The molecule has 1 saturated heterocycles. The number of halogens is 2. The Morgan fingerprint density at radius 3 is 2.59 bits per heavy atom. The van der Waals surface area contributed by atoms with Crippen molar-refractivity contribution in [1.82, 2.24) is 4.98 Å². The van der Waals surface area contributed by atoms with Crippen molar-refractivity contribution in [2.75, 3.05) is 0 Å². The Hall–Kier alpha value is -2.78. The van der Waals surface area contributed by atoms with Crippen LogP contribution >= 0.6 is 11.3 Å². The number of aromatic nitrogens is 1. The van der Waals surface area contributed by atoms with Gasteiger partial charge in [0.1, 0.15) is 23.0 Å². The molecule has 0 unspecified atom stereocenters. The van der Waals surface area contributed by atoms with Crippen LogP contribution in [0.15, 0.2) is 42.4 Å². The van der Waals surface area contributed by atoms with Gasteiger partial charge in [0, 0.05) is 5.41 Å². The Morgan fingerprint density at radius 2 is 1.97 bits per heavy atom. The van der Waals surface area contributed by atoms with Crippen molar-refractivity contribution >= 4 is 39.8 Å². The summed E-state index contributed by atoms with van der Waals surface area (Å²) >= 11 is 1.40. The van der Waals surface area contributed by atoms with E-state index in [1.54, 1.807) is 0 Å². The Balaban J connectivity index is 1.57. The van der Waals surface area contributed by atoms with E-state index in [0.717, 1.165) is 33.3 Å². The molecule has 166 valence electrons. The van der Waals surface area contributed by atoms with Gasteiger partial charge in [-0.2, -0.15) is 0 Å². The molecular formula is C23H23BF2N2O3S. The summed E-state index contributed by atoms with van der Waals surface area (Å²) in [5, 5.41) is 0.605. The molecule has 1 aliphatic rings. The first-order valence-electron chi connectivity index (χ1n) is 10.1. The fraction of sp³-hybridized carbons (Fsp3) is 0.304. The Kier molecular flexibility index (Phi) is 5.37. The lowest BCUT2D eigenvalue weighted by molar-refractivity contribution is 0.0453. The number of hydrogen-bond acceptors (Lipinski definition) is 5. The van der Waals surface area contributed by atoms with E-state index < -0.39 is 23.1 Å². The van der Waals surface area contributed by atoms with Gasteiger partial charge in [0.15, 0.2) is 11.6 Å². The van der Waals surface area contributed by atoms with Crippen LogP contribution in [0.3, 0.4) is 0 Å². The Morgan fingerprint density at radius 1 is 1.25 bits per heavy atom. The number of primary amides is 1. The predicted molar refractivity (Wildman–Crippen MR) is 122 cm³/mol. The lowest BCUT2D eigenvalue weighted by Gasteiger charge is -2.34. The third-order valence-corrected chi connectivity index (χ3v) is 7.46. The molecule has 32 heavy (non-hydrogen) atoms. The highest BCUT2D eigenvalue weighted by molar-refractivity contribution is 7.18. The van der Waals surface area contributed by atoms with Crippen LogP contribution in [0.5, 0.6) is 5.75 Å². The fourth-order valence-corrected chi connectivity index (χ4v) is 4.58. The molecule has 3 aromatic rings. The summed E-state index contributed by atoms with van der Waals surface area (Å²) in [5.74, 6) is -3.61. The zero-order valence-corrected chi connectivity index (χ0v) is 19.1. The molecule has 0 aliphatic carbocycles. The van der Waals surface area contributed by atoms with Crippen molar-refractivity contribution in [3.63, 3.8) is 0 Å². The number of nitrogens with two attached hydrogens (primary N) is 1. The van der Waals surface area contributed by atoms with Crippen molar-refractivity contribution in [2.45, 2.75) is 39.9 Å². The number of hydrogen-bond donors (Lipinski definition) is 1. The molecule has 0 spiro atoms. The lowest BCUT2D eigenvalue weighted by atomic mass is 9.50. The van der Waals surface area contributed by atoms with E-state index in [-0.39, 0.29) is 30.3 Å². The van der Waals surface area contributed by atoms with E-state index in [9.17, 15) is 13.6 Å². The van der Waals surface area contributed by atoms with E-state index in [4.69, 9.17) is 15.1 Å². The van der Waals surface area contributed by atoms with Gasteiger partial charge in [-0.15, -0.1) is 17.9 Å². The summed E-state index contributed by atoms with van der Waals surface area (Å²) in [6, 6.07) is 7.99. The standard InChI is InChI=1S/C23H23BF2N2O3S/c1-12-22(2,3)23(4,5)31-24(12)13-6-9-17-15(10-13)28-18(32-17)11-30-16-8-7-14(25)19(20(16)26)21(27)29/h6-10H,1,11H2,2-5H3,(H2,27,29). The van der Waals surface area contributed by atoms with Crippen molar-refractivity contribution in [2.24, 2.45) is 11.1 Å². The zero-order chi connectivity index (χ0) is 23.4. The van der Waals surface area contributed by atoms with E-state index in [1.165, 1.54) is 11.3 Å². The maximum Gasteiger partial charge on any atom is 0.357 e. The van der Waals surface area contributed by atoms with Crippen molar-refractivity contribution < 1.29 is 23.0 Å². The second-order valence-electron chi connectivity index (χ2n) is 8.88. The van der Waals surface area contributed by atoms with Gasteiger partial charge < -0.3 is 15.1 Å². The van der Waals surface area contributed by atoms with Gasteiger partial charge in [0.25, 0.3) is 5.91 Å². The first-order valence-corrected chi connectivity index (χ1v) is 10.9. The van der Waals surface area contributed by atoms with E-state index in [0.29, 0.717) is 5.01 Å². The van der Waals surface area contributed by atoms with Crippen molar-refractivity contribution in [3.05, 3.63) is 64.6 Å². The number of carbonyl (C=O) groups is 1. The molecule has 4 rings (SSSR count). The smallest absolute Gasteiger partial charge is 0.357 e. The minimum atomic E-state index is -1.19. The lowest BCUT2D eigenvalue weighted by Crippen LogP contribution is -2.36. The van der Waals surface area contributed by atoms with Crippen LogP contribution in [0.2, 0.25) is 0 Å². The monoisotopic (exact) mass is 456 g/mol. The van der Waals surface area contributed by atoms with Gasteiger partial charge in [0.2, 0.25) is 0 Å². The van der Waals surface area contributed by atoms with Gasteiger partial charge in [-0.05, 0) is 43.6 Å². The number of rotatable bonds is 5. The Bertz CT molecular complexity index is 1260. The molecule has 2 aromatic carbocycles. The van der Waals surface area contributed by atoms with E-state index in [2.05, 4.69) is 39.3 Å². The normalized spacial score (nSPS) is 17.2. The summed E-state index contributed by atoms with van der Waals surface area (Å²) in [7, 11) is 0. The molecule has 9 heteroatoms. The zero-order valence-electron chi connectivity index (χ0n) is 18.3. The third-order valence-electron chi connectivity index (χ3n) is 6.45. The number of ether oxygens (including phenoxy) is 1. The first kappa shape index (κ1) is 22.4. The SMILES string of the molecule is C=C1B(c2ccc3sc(COc4ccc(F)c(C(N)=O)c4F)nc3c2)OC(C)(C)C1(C)C. The number of amides is 1. The fourth-order valence-electron chi connectivity index (χ4n) is 3.72. The molecule has 1 aromatic heterocycles. The molecule has 5 nitrogen and oxygen atoms in total. The van der Waals surface area contributed by atoms with Gasteiger partial charge in [-0.3, -0.25) is 4.79 Å². The number of benzene rings is 2. The molecule has 1 amide bonds. The van der Waals surface area contributed by atoms with Crippen LogP contribution in [0.1, 0.15) is 43.1 Å². The maximum absolute atomic E-state index is 14.4. The third kappa shape index (κ3) is 3.59. The van der Waals surface area contributed by atoms with E-state index in [1.807, 2.05) is 18.2 Å². The number of thiazole rings is 1. The molecule has 1 aliphatic heterocycles. The van der Waals surface area contributed by atoms with Crippen LogP contribution in [-0.4, -0.2) is 23.4 Å². The molecule has 0 radical (unpaired) electrons. The minimum Gasteiger partial charge on any atom is -0.483 e. The molecule has 0 saturated carbocycles. The van der Waals surface area contributed by atoms with E-state index >= 15 is 0 Å². The van der Waals surface area contributed by atoms with Crippen molar-refractivity contribution in [1.29, 1.82) is 0 Å². The number of nitrogens with zero attached hydrogens (tertiary/aromatic N) is 1. The average molecular weight is 456 g/mol. The van der Waals surface area contributed by atoms with Gasteiger partial charge in [-0.25, -0.2) is 13.8 Å². The Labute approximate surface area is 189 Å². The number of fused-ring (bicyclic) bond motifs is 1. The van der Waals surface area contributed by atoms with Crippen LogP contribution < -0.4 is 15.9 Å². The van der Waals surface area contributed by atoms with Gasteiger partial charge >= 0.3 is 6.92 Å². The van der Waals surface area contributed by atoms with Gasteiger partial charge in [-0.1, -0.05) is 25.4 Å². The van der Waals surface area contributed by atoms with Crippen molar-refractivity contribution in [3.8, 4) is 5.75 Å². The van der Waals surface area contributed by atoms with Crippen LogP contribution in [0, 0.1) is 17.0 Å². The maximum atomic E-state index is 14.4. The first-order chi connectivity index (χ1) is 14.9. The number of carbonyl (C=O) groups excluding carboxylic acids is 1. The topological polar surface area (TPSA) is 74.4 Å². The molecular weight excluding hydrogens is 433 g/mol. The summed E-state index contributed by atoms with van der Waals surface area (Å²) < 4.78 is 40.7. The average Bonchev–Trinajstić information content (AvgIpc) is 3.18. The molecule has 0 bridgehead atoms. The van der Waals surface area contributed by atoms with Gasteiger partial charge in [0.05, 0.1) is 15.8 Å². The summed E-state index contributed by atoms with van der Waals surface area (Å²) in [5.41, 5.74) is 6.44.